The first kappa shape index (κ1) is 14.1. The molecular weight excluding hydrogens is 254 g/mol. The number of nitrogens with zero attached hydrogens (tertiary/aromatic N) is 2. The largest absolute Gasteiger partial charge is 0.353 e. The van der Waals surface area contributed by atoms with Gasteiger partial charge in [0.15, 0.2) is 0 Å². The highest BCUT2D eigenvalue weighted by Gasteiger charge is 2.09. The van der Waals surface area contributed by atoms with Crippen LogP contribution in [0.3, 0.4) is 0 Å². The van der Waals surface area contributed by atoms with Gasteiger partial charge in [-0.3, -0.25) is 0 Å². The van der Waals surface area contributed by atoms with E-state index in [0.717, 1.165) is 24.6 Å². The first-order valence-corrected chi connectivity index (χ1v) is 7.94. The Bertz CT molecular complexity index is 487. The summed E-state index contributed by atoms with van der Waals surface area (Å²) < 4.78 is 2.24. The molecule has 2 aromatic heterocycles. The molecule has 1 unspecified atom stereocenters. The van der Waals surface area contributed by atoms with Crippen LogP contribution < -0.4 is 5.32 Å². The summed E-state index contributed by atoms with van der Waals surface area (Å²) in [5.74, 6) is 1.01. The van der Waals surface area contributed by atoms with E-state index in [2.05, 4.69) is 58.7 Å². The molecule has 2 aromatic rings. The quantitative estimate of drug-likeness (QED) is 0.826. The third-order valence-corrected chi connectivity index (χ3v) is 3.88. The number of rotatable bonds is 7. The van der Waals surface area contributed by atoms with Crippen molar-refractivity contribution < 1.29 is 0 Å². The van der Waals surface area contributed by atoms with Gasteiger partial charge in [0.2, 0.25) is 5.95 Å². The molecule has 0 aliphatic carbocycles. The zero-order valence-corrected chi connectivity index (χ0v) is 12.8. The molecule has 19 heavy (non-hydrogen) atoms. The van der Waals surface area contributed by atoms with Gasteiger partial charge in [0.25, 0.3) is 0 Å². The summed E-state index contributed by atoms with van der Waals surface area (Å²) in [5.41, 5.74) is 2.48. The zero-order valence-electron chi connectivity index (χ0n) is 12.0. The van der Waals surface area contributed by atoms with Gasteiger partial charge in [-0.15, -0.1) is 0 Å². The summed E-state index contributed by atoms with van der Waals surface area (Å²) in [6.07, 6.45) is 5.59. The second-order valence-corrected chi connectivity index (χ2v) is 5.91. The summed E-state index contributed by atoms with van der Waals surface area (Å²) in [4.78, 5) is 4.59. The van der Waals surface area contributed by atoms with Crippen molar-refractivity contribution in [2.24, 2.45) is 0 Å². The number of nitrogens with one attached hydrogen (secondary N) is 1. The number of thiophene rings is 1. The Balaban J connectivity index is 1.97. The number of aryl methyl sites for hydroxylation is 2. The molecule has 0 aliphatic rings. The number of unbranched alkanes of at least 4 members (excludes halogenated alkanes) is 1. The van der Waals surface area contributed by atoms with E-state index in [1.807, 2.05) is 0 Å². The first-order valence-electron chi connectivity index (χ1n) is 7.00. The van der Waals surface area contributed by atoms with Crippen molar-refractivity contribution in [1.82, 2.24) is 9.55 Å². The lowest BCUT2D eigenvalue weighted by molar-refractivity contribution is 0.628. The molecule has 0 fully saturated rings. The number of hydrogen-bond donors (Lipinski definition) is 1. The van der Waals surface area contributed by atoms with Crippen LogP contribution in [0.5, 0.6) is 0 Å². The van der Waals surface area contributed by atoms with E-state index >= 15 is 0 Å². The van der Waals surface area contributed by atoms with Crippen molar-refractivity contribution in [2.45, 2.75) is 52.6 Å². The summed E-state index contributed by atoms with van der Waals surface area (Å²) in [7, 11) is 0. The van der Waals surface area contributed by atoms with Gasteiger partial charge in [-0.2, -0.15) is 11.3 Å². The second kappa shape index (κ2) is 6.75. The third kappa shape index (κ3) is 4.10. The van der Waals surface area contributed by atoms with Gasteiger partial charge in [-0.25, -0.2) is 4.98 Å². The van der Waals surface area contributed by atoms with Crippen LogP contribution in [0.2, 0.25) is 0 Å². The average Bonchev–Trinajstić information content (AvgIpc) is 2.97. The van der Waals surface area contributed by atoms with Gasteiger partial charge in [0.05, 0.1) is 5.69 Å². The minimum absolute atomic E-state index is 0.400. The fraction of sp³-hybridized carbons (Fsp3) is 0.533. The van der Waals surface area contributed by atoms with E-state index < -0.39 is 0 Å². The van der Waals surface area contributed by atoms with Crippen molar-refractivity contribution >= 4 is 17.3 Å². The maximum absolute atomic E-state index is 4.59. The minimum atomic E-state index is 0.400. The monoisotopic (exact) mass is 277 g/mol. The Kier molecular flexibility index (Phi) is 5.02. The first-order chi connectivity index (χ1) is 9.19. The molecule has 0 aromatic carbocycles. The van der Waals surface area contributed by atoms with E-state index in [4.69, 9.17) is 0 Å². The molecular formula is C15H23N3S. The highest BCUT2D eigenvalue weighted by atomic mass is 32.1. The maximum atomic E-state index is 4.59. The molecule has 0 amide bonds. The smallest absolute Gasteiger partial charge is 0.203 e. The molecule has 0 bridgehead atoms. The molecule has 4 heteroatoms. The summed E-state index contributed by atoms with van der Waals surface area (Å²) in [6.45, 7) is 7.53. The lowest BCUT2D eigenvalue weighted by Gasteiger charge is -2.15. The topological polar surface area (TPSA) is 29.9 Å². The molecule has 3 nitrogen and oxygen atoms in total. The lowest BCUT2D eigenvalue weighted by Crippen LogP contribution is -2.20. The van der Waals surface area contributed by atoms with E-state index in [9.17, 15) is 0 Å². The second-order valence-electron chi connectivity index (χ2n) is 5.13. The molecule has 1 atom stereocenters. The molecule has 2 rings (SSSR count). The van der Waals surface area contributed by atoms with Gasteiger partial charge in [0.1, 0.15) is 0 Å². The van der Waals surface area contributed by atoms with E-state index in [1.54, 1.807) is 11.3 Å². The van der Waals surface area contributed by atoms with Gasteiger partial charge in [0, 0.05) is 18.8 Å². The zero-order chi connectivity index (χ0) is 13.7. The van der Waals surface area contributed by atoms with Gasteiger partial charge in [-0.1, -0.05) is 13.3 Å². The molecule has 1 N–H and O–H groups in total. The summed E-state index contributed by atoms with van der Waals surface area (Å²) in [6, 6.07) is 2.59. The number of hydrogen-bond acceptors (Lipinski definition) is 3. The molecule has 0 radical (unpaired) electrons. The van der Waals surface area contributed by atoms with Crippen LogP contribution in [0.1, 0.15) is 37.9 Å². The Labute approximate surface area is 119 Å². The lowest BCUT2D eigenvalue weighted by atomic mass is 10.1. The maximum Gasteiger partial charge on any atom is 0.203 e. The Morgan fingerprint density at radius 1 is 1.47 bits per heavy atom. The van der Waals surface area contributed by atoms with E-state index in [0.29, 0.717) is 6.04 Å². The van der Waals surface area contributed by atoms with Crippen LogP contribution in [0.15, 0.2) is 23.0 Å². The van der Waals surface area contributed by atoms with Crippen LogP contribution >= 0.6 is 11.3 Å². The average molecular weight is 277 g/mol. The highest BCUT2D eigenvalue weighted by molar-refractivity contribution is 7.07. The number of aromatic nitrogens is 2. The fourth-order valence-corrected chi connectivity index (χ4v) is 2.88. The number of anilines is 1. The summed E-state index contributed by atoms with van der Waals surface area (Å²) in [5, 5.41) is 7.88. The molecule has 0 saturated heterocycles. The Morgan fingerprint density at radius 2 is 2.32 bits per heavy atom. The SMILES string of the molecule is CCCCn1cc(C)nc1NC(C)Cc1ccsc1. The predicted octanol–water partition coefficient (Wildman–Crippen LogP) is 4.10. The predicted molar refractivity (Wildman–Crippen MR) is 83.0 cm³/mol. The van der Waals surface area contributed by atoms with E-state index in [-0.39, 0.29) is 0 Å². The Morgan fingerprint density at radius 3 is 3.00 bits per heavy atom. The van der Waals surface area contributed by atoms with Crippen LogP contribution in [-0.4, -0.2) is 15.6 Å². The van der Waals surface area contributed by atoms with Crippen molar-refractivity contribution in [2.75, 3.05) is 5.32 Å². The standard InChI is InChI=1S/C15H23N3S/c1-4-5-7-18-10-13(3)17-15(18)16-12(2)9-14-6-8-19-11-14/h6,8,10-12H,4-5,7,9H2,1-3H3,(H,16,17). The highest BCUT2D eigenvalue weighted by Crippen LogP contribution is 2.14. The minimum Gasteiger partial charge on any atom is -0.353 e. The fourth-order valence-electron chi connectivity index (χ4n) is 2.19. The third-order valence-electron chi connectivity index (χ3n) is 3.15. The molecule has 0 aliphatic heterocycles. The molecule has 0 saturated carbocycles. The molecule has 2 heterocycles. The van der Waals surface area contributed by atoms with Crippen molar-refractivity contribution in [3.8, 4) is 0 Å². The van der Waals surface area contributed by atoms with Gasteiger partial charge in [-0.05, 0) is 49.1 Å². The van der Waals surface area contributed by atoms with Crippen LogP contribution in [0, 0.1) is 6.92 Å². The molecule has 0 spiro atoms. The number of imidazole rings is 1. The van der Waals surface area contributed by atoms with Gasteiger partial charge >= 0.3 is 0 Å². The van der Waals surface area contributed by atoms with Crippen LogP contribution in [0.25, 0.3) is 0 Å². The normalized spacial score (nSPS) is 12.6. The van der Waals surface area contributed by atoms with Crippen molar-refractivity contribution in [3.63, 3.8) is 0 Å². The van der Waals surface area contributed by atoms with Crippen LogP contribution in [0.4, 0.5) is 5.95 Å². The van der Waals surface area contributed by atoms with E-state index in [1.165, 1.54) is 18.4 Å². The summed E-state index contributed by atoms with van der Waals surface area (Å²) >= 11 is 1.76. The van der Waals surface area contributed by atoms with Crippen LogP contribution in [-0.2, 0) is 13.0 Å². The van der Waals surface area contributed by atoms with Gasteiger partial charge < -0.3 is 9.88 Å². The van der Waals surface area contributed by atoms with Crippen molar-refractivity contribution in [1.29, 1.82) is 0 Å². The Hall–Kier alpha value is -1.29. The van der Waals surface area contributed by atoms with Crippen molar-refractivity contribution in [3.05, 3.63) is 34.3 Å². The molecule has 104 valence electrons.